The van der Waals surface area contributed by atoms with Crippen LogP contribution in [0.2, 0.25) is 5.02 Å². The second kappa shape index (κ2) is 6.12. The molecular formula is C15H10ClNO3. The van der Waals surface area contributed by atoms with E-state index in [-0.39, 0.29) is 11.5 Å². The van der Waals surface area contributed by atoms with Crippen molar-refractivity contribution in [2.75, 3.05) is 0 Å². The first kappa shape index (κ1) is 14.0. The van der Waals surface area contributed by atoms with Gasteiger partial charge < -0.3 is 0 Å². The molecule has 2 aromatic carbocycles. The highest BCUT2D eigenvalue weighted by Gasteiger charge is 2.07. The molecule has 0 fully saturated rings. The number of nitro benzene ring substituents is 1. The average Bonchev–Trinajstić information content (AvgIpc) is 2.46. The number of carbonyl (C=O) groups excluding carboxylic acids is 1. The average molecular weight is 288 g/mol. The Balaban J connectivity index is 2.11. The van der Waals surface area contributed by atoms with Crippen LogP contribution in [0, 0.1) is 10.1 Å². The van der Waals surface area contributed by atoms with Gasteiger partial charge in [-0.15, -0.1) is 0 Å². The minimum absolute atomic E-state index is 0.0387. The van der Waals surface area contributed by atoms with Gasteiger partial charge in [-0.2, -0.15) is 0 Å². The Morgan fingerprint density at radius 3 is 2.20 bits per heavy atom. The third-order valence-corrected chi connectivity index (χ3v) is 2.91. The van der Waals surface area contributed by atoms with E-state index in [1.54, 1.807) is 30.3 Å². The first-order valence-electron chi connectivity index (χ1n) is 5.79. The lowest BCUT2D eigenvalue weighted by Gasteiger charge is -1.96. The molecule has 4 nitrogen and oxygen atoms in total. The zero-order valence-corrected chi connectivity index (χ0v) is 11.1. The van der Waals surface area contributed by atoms with Crippen LogP contribution in [0.15, 0.2) is 54.6 Å². The second-order valence-corrected chi connectivity index (χ2v) is 4.49. The summed E-state index contributed by atoms with van der Waals surface area (Å²) in [5.74, 6) is -0.213. The van der Waals surface area contributed by atoms with Crippen LogP contribution in [0.4, 0.5) is 5.69 Å². The number of halogens is 1. The number of nitro groups is 1. The number of non-ortho nitro benzene ring substituents is 1. The van der Waals surface area contributed by atoms with Gasteiger partial charge in [0.15, 0.2) is 5.78 Å². The summed E-state index contributed by atoms with van der Waals surface area (Å²) >= 11 is 5.76. The summed E-state index contributed by atoms with van der Waals surface area (Å²) in [7, 11) is 0. The van der Waals surface area contributed by atoms with Gasteiger partial charge in [-0.3, -0.25) is 14.9 Å². The summed E-state index contributed by atoms with van der Waals surface area (Å²) in [5.41, 5.74) is 1.22. The van der Waals surface area contributed by atoms with Crippen molar-refractivity contribution >= 4 is 29.1 Å². The first-order chi connectivity index (χ1) is 9.56. The van der Waals surface area contributed by atoms with E-state index >= 15 is 0 Å². The fraction of sp³-hybridized carbons (Fsp3) is 0. The standard InChI is InChI=1S/C15H10ClNO3/c16-13-6-1-11(2-7-13)3-10-15(18)12-4-8-14(9-5-12)17(19)20/h1-10H/b10-3-. The number of hydrogen-bond acceptors (Lipinski definition) is 3. The lowest BCUT2D eigenvalue weighted by molar-refractivity contribution is -0.384. The summed E-state index contributed by atoms with van der Waals surface area (Å²) < 4.78 is 0. The number of carbonyl (C=O) groups is 1. The van der Waals surface area contributed by atoms with Gasteiger partial charge in [0.25, 0.3) is 5.69 Å². The Morgan fingerprint density at radius 2 is 1.65 bits per heavy atom. The molecule has 0 aliphatic heterocycles. The number of ketones is 1. The molecule has 0 amide bonds. The zero-order chi connectivity index (χ0) is 14.5. The normalized spacial score (nSPS) is 10.7. The quantitative estimate of drug-likeness (QED) is 0.367. The van der Waals surface area contributed by atoms with Crippen molar-refractivity contribution in [3.05, 3.63) is 80.9 Å². The van der Waals surface area contributed by atoms with Crippen molar-refractivity contribution in [2.45, 2.75) is 0 Å². The molecule has 0 bridgehead atoms. The van der Waals surface area contributed by atoms with Crippen LogP contribution in [0.25, 0.3) is 6.08 Å². The van der Waals surface area contributed by atoms with Crippen molar-refractivity contribution in [3.8, 4) is 0 Å². The molecular weight excluding hydrogens is 278 g/mol. The van der Waals surface area contributed by atoms with E-state index in [0.29, 0.717) is 10.6 Å². The predicted molar refractivity (Wildman–Crippen MR) is 77.9 cm³/mol. The summed E-state index contributed by atoms with van der Waals surface area (Å²) in [6, 6.07) is 12.5. The lowest BCUT2D eigenvalue weighted by atomic mass is 10.1. The van der Waals surface area contributed by atoms with Crippen LogP contribution in [0.3, 0.4) is 0 Å². The zero-order valence-electron chi connectivity index (χ0n) is 10.3. The van der Waals surface area contributed by atoms with Crippen LogP contribution in [-0.4, -0.2) is 10.7 Å². The Labute approximate surface area is 120 Å². The highest BCUT2D eigenvalue weighted by atomic mass is 35.5. The summed E-state index contributed by atoms with van der Waals surface area (Å²) in [6.45, 7) is 0. The SMILES string of the molecule is O=C(/C=C\c1ccc(Cl)cc1)c1ccc([N+](=O)[O-])cc1. The Hall–Kier alpha value is -2.46. The van der Waals surface area contributed by atoms with Gasteiger partial charge in [0.05, 0.1) is 4.92 Å². The largest absolute Gasteiger partial charge is 0.289 e. The summed E-state index contributed by atoms with van der Waals surface area (Å²) in [6.07, 6.45) is 3.09. The third-order valence-electron chi connectivity index (χ3n) is 2.66. The maximum Gasteiger partial charge on any atom is 0.269 e. The van der Waals surface area contributed by atoms with Gasteiger partial charge in [-0.05, 0) is 35.9 Å². The summed E-state index contributed by atoms with van der Waals surface area (Å²) in [5, 5.41) is 11.1. The molecule has 100 valence electrons. The molecule has 0 aliphatic rings. The van der Waals surface area contributed by atoms with Crippen LogP contribution in [0.1, 0.15) is 15.9 Å². The lowest BCUT2D eigenvalue weighted by Crippen LogP contribution is -1.95. The molecule has 2 rings (SSSR count). The number of rotatable bonds is 4. The van der Waals surface area contributed by atoms with Crippen LogP contribution >= 0.6 is 11.6 Å². The molecule has 5 heteroatoms. The van der Waals surface area contributed by atoms with Gasteiger partial charge in [-0.25, -0.2) is 0 Å². The van der Waals surface area contributed by atoms with Crippen LogP contribution in [0.5, 0.6) is 0 Å². The Morgan fingerprint density at radius 1 is 1.05 bits per heavy atom. The van der Waals surface area contributed by atoms with Crippen molar-refractivity contribution in [3.63, 3.8) is 0 Å². The van der Waals surface area contributed by atoms with E-state index in [1.807, 2.05) is 0 Å². The molecule has 20 heavy (non-hydrogen) atoms. The van der Waals surface area contributed by atoms with Gasteiger partial charge >= 0.3 is 0 Å². The van der Waals surface area contributed by atoms with Gasteiger partial charge in [0.2, 0.25) is 0 Å². The topological polar surface area (TPSA) is 60.2 Å². The molecule has 0 saturated carbocycles. The number of nitrogens with zero attached hydrogens (tertiary/aromatic N) is 1. The molecule has 0 atom stereocenters. The number of hydrogen-bond donors (Lipinski definition) is 0. The third kappa shape index (κ3) is 3.52. The monoisotopic (exact) mass is 287 g/mol. The van der Waals surface area contributed by atoms with Crippen molar-refractivity contribution in [1.82, 2.24) is 0 Å². The first-order valence-corrected chi connectivity index (χ1v) is 6.16. The highest BCUT2D eigenvalue weighted by molar-refractivity contribution is 6.30. The van der Waals surface area contributed by atoms with Crippen molar-refractivity contribution in [2.24, 2.45) is 0 Å². The molecule has 0 aromatic heterocycles. The molecule has 0 aliphatic carbocycles. The fourth-order valence-electron chi connectivity index (χ4n) is 1.59. The Bertz CT molecular complexity index is 661. The molecule has 0 saturated heterocycles. The molecule has 0 radical (unpaired) electrons. The van der Waals surface area contributed by atoms with E-state index < -0.39 is 4.92 Å². The maximum atomic E-state index is 11.9. The number of allylic oxidation sites excluding steroid dienone is 1. The van der Waals surface area contributed by atoms with E-state index in [0.717, 1.165) is 5.56 Å². The second-order valence-electron chi connectivity index (χ2n) is 4.05. The smallest absolute Gasteiger partial charge is 0.269 e. The van der Waals surface area contributed by atoms with Crippen LogP contribution < -0.4 is 0 Å². The molecule has 2 aromatic rings. The van der Waals surface area contributed by atoms with E-state index in [2.05, 4.69) is 0 Å². The van der Waals surface area contributed by atoms with Gasteiger partial charge in [0.1, 0.15) is 0 Å². The van der Waals surface area contributed by atoms with E-state index in [1.165, 1.54) is 30.3 Å². The van der Waals surface area contributed by atoms with Gasteiger partial charge in [0, 0.05) is 22.7 Å². The van der Waals surface area contributed by atoms with E-state index in [9.17, 15) is 14.9 Å². The van der Waals surface area contributed by atoms with E-state index in [4.69, 9.17) is 11.6 Å². The minimum atomic E-state index is -0.502. The van der Waals surface area contributed by atoms with Crippen LogP contribution in [-0.2, 0) is 0 Å². The molecule has 0 heterocycles. The fourth-order valence-corrected chi connectivity index (χ4v) is 1.72. The van der Waals surface area contributed by atoms with Crippen molar-refractivity contribution in [1.29, 1.82) is 0 Å². The molecule has 0 spiro atoms. The summed E-state index contributed by atoms with van der Waals surface area (Å²) in [4.78, 5) is 21.9. The maximum absolute atomic E-state index is 11.9. The Kier molecular flexibility index (Phi) is 4.27. The van der Waals surface area contributed by atoms with Gasteiger partial charge in [-0.1, -0.05) is 29.8 Å². The molecule has 0 N–H and O–H groups in total. The van der Waals surface area contributed by atoms with Crippen molar-refractivity contribution < 1.29 is 9.72 Å². The number of benzene rings is 2. The molecule has 0 unspecified atom stereocenters. The highest BCUT2D eigenvalue weighted by Crippen LogP contribution is 2.14. The predicted octanol–water partition coefficient (Wildman–Crippen LogP) is 4.14. The minimum Gasteiger partial charge on any atom is -0.289 e.